The fraction of sp³-hybridized carbons (Fsp3) is 0.417. The van der Waals surface area contributed by atoms with Crippen LogP contribution in [0.15, 0.2) is 23.1 Å². The van der Waals surface area contributed by atoms with Crippen molar-refractivity contribution in [1.29, 1.82) is 0 Å². The third-order valence-corrected chi connectivity index (χ3v) is 5.17. The van der Waals surface area contributed by atoms with E-state index in [-0.39, 0.29) is 27.3 Å². The van der Waals surface area contributed by atoms with Crippen molar-refractivity contribution in [3.05, 3.63) is 28.2 Å². The normalized spacial score (nSPS) is 13.4. The highest BCUT2D eigenvalue weighted by molar-refractivity contribution is 7.89. The predicted octanol–water partition coefficient (Wildman–Crippen LogP) is 2.77. The Bertz CT molecular complexity index is 601. The predicted molar refractivity (Wildman–Crippen MR) is 77.7 cm³/mol. The molecule has 1 aromatic rings. The van der Waals surface area contributed by atoms with Gasteiger partial charge in [-0.1, -0.05) is 43.1 Å². The van der Waals surface area contributed by atoms with Crippen molar-refractivity contribution in [3.8, 4) is 0 Å². The second kappa shape index (κ2) is 6.76. The van der Waals surface area contributed by atoms with Gasteiger partial charge in [0.1, 0.15) is 4.90 Å². The number of aliphatic carboxylic acids is 1. The summed E-state index contributed by atoms with van der Waals surface area (Å²) in [7, 11) is -3.93. The van der Waals surface area contributed by atoms with E-state index >= 15 is 0 Å². The number of nitrogens with one attached hydrogen (secondary N) is 1. The molecule has 0 amide bonds. The molecule has 8 heteroatoms. The minimum atomic E-state index is -3.93. The molecule has 0 aliphatic carbocycles. The summed E-state index contributed by atoms with van der Waals surface area (Å²) in [6, 6.07) is 3.52. The van der Waals surface area contributed by atoms with E-state index in [9.17, 15) is 13.2 Å². The molecule has 0 aromatic heterocycles. The first-order valence-electron chi connectivity index (χ1n) is 5.83. The van der Waals surface area contributed by atoms with Gasteiger partial charge >= 0.3 is 5.97 Å². The van der Waals surface area contributed by atoms with Gasteiger partial charge in [0.15, 0.2) is 0 Å². The summed E-state index contributed by atoms with van der Waals surface area (Å²) in [5.41, 5.74) is 0. The standard InChI is InChI=1S/C12H15Cl2NO4S/c1-7(2)9(6-11(16)17)15-20(18,19)10-5-3-4-8(13)12(10)14/h3-5,7,9,15H,6H2,1-2H3,(H,16,17). The van der Waals surface area contributed by atoms with Crippen molar-refractivity contribution >= 4 is 39.2 Å². The van der Waals surface area contributed by atoms with Gasteiger partial charge < -0.3 is 5.11 Å². The van der Waals surface area contributed by atoms with E-state index in [1.165, 1.54) is 18.2 Å². The van der Waals surface area contributed by atoms with Crippen LogP contribution >= 0.6 is 23.2 Å². The summed E-state index contributed by atoms with van der Waals surface area (Å²) in [6.45, 7) is 3.46. The van der Waals surface area contributed by atoms with E-state index in [1.807, 2.05) is 0 Å². The van der Waals surface area contributed by atoms with Gasteiger partial charge in [-0.15, -0.1) is 0 Å². The molecule has 1 rings (SSSR count). The second-order valence-electron chi connectivity index (χ2n) is 4.62. The molecule has 0 saturated heterocycles. The van der Waals surface area contributed by atoms with Crippen LogP contribution in [0.4, 0.5) is 0 Å². The quantitative estimate of drug-likeness (QED) is 0.834. The molecule has 112 valence electrons. The lowest BCUT2D eigenvalue weighted by atomic mass is 10.0. The molecule has 0 aliphatic heterocycles. The van der Waals surface area contributed by atoms with Crippen molar-refractivity contribution in [3.63, 3.8) is 0 Å². The van der Waals surface area contributed by atoms with Crippen LogP contribution in [0.25, 0.3) is 0 Å². The average Bonchev–Trinajstić information content (AvgIpc) is 2.30. The molecular weight excluding hydrogens is 325 g/mol. The van der Waals surface area contributed by atoms with Crippen LogP contribution in [0.3, 0.4) is 0 Å². The number of sulfonamides is 1. The molecule has 0 radical (unpaired) electrons. The molecule has 20 heavy (non-hydrogen) atoms. The lowest BCUT2D eigenvalue weighted by Gasteiger charge is -2.21. The van der Waals surface area contributed by atoms with E-state index in [4.69, 9.17) is 28.3 Å². The van der Waals surface area contributed by atoms with Crippen LogP contribution in [-0.2, 0) is 14.8 Å². The zero-order valence-corrected chi connectivity index (χ0v) is 13.3. The Balaban J connectivity index is 3.10. The molecule has 5 nitrogen and oxygen atoms in total. The van der Waals surface area contributed by atoms with Crippen molar-refractivity contribution < 1.29 is 18.3 Å². The molecule has 1 unspecified atom stereocenters. The fourth-order valence-electron chi connectivity index (χ4n) is 1.56. The molecule has 0 spiro atoms. The number of carboxylic acid groups (broad SMARTS) is 1. The Morgan fingerprint density at radius 2 is 1.95 bits per heavy atom. The lowest BCUT2D eigenvalue weighted by Crippen LogP contribution is -2.40. The summed E-state index contributed by atoms with van der Waals surface area (Å²) in [5, 5.41) is 8.85. The number of hydrogen-bond donors (Lipinski definition) is 2. The Morgan fingerprint density at radius 1 is 1.35 bits per heavy atom. The molecule has 0 aliphatic rings. The molecule has 2 N–H and O–H groups in total. The number of halogens is 2. The zero-order chi connectivity index (χ0) is 15.5. The van der Waals surface area contributed by atoms with Crippen molar-refractivity contribution in [2.24, 2.45) is 5.92 Å². The molecule has 0 bridgehead atoms. The van der Waals surface area contributed by atoms with Crippen LogP contribution < -0.4 is 4.72 Å². The molecule has 0 saturated carbocycles. The maximum atomic E-state index is 12.3. The van der Waals surface area contributed by atoms with E-state index in [0.717, 1.165) is 0 Å². The zero-order valence-electron chi connectivity index (χ0n) is 10.9. The summed E-state index contributed by atoms with van der Waals surface area (Å²) in [4.78, 5) is 10.6. The monoisotopic (exact) mass is 339 g/mol. The van der Waals surface area contributed by atoms with Crippen LogP contribution in [0.1, 0.15) is 20.3 Å². The Labute approximate surface area is 127 Å². The van der Waals surface area contributed by atoms with Crippen LogP contribution in [0.2, 0.25) is 10.0 Å². The highest BCUT2D eigenvalue weighted by Gasteiger charge is 2.26. The third kappa shape index (κ3) is 4.34. The highest BCUT2D eigenvalue weighted by Crippen LogP contribution is 2.29. The molecule has 1 aromatic carbocycles. The van der Waals surface area contributed by atoms with Gasteiger partial charge in [0.2, 0.25) is 10.0 Å². The topological polar surface area (TPSA) is 83.5 Å². The Morgan fingerprint density at radius 3 is 2.45 bits per heavy atom. The minimum Gasteiger partial charge on any atom is -0.481 e. The number of benzene rings is 1. The van der Waals surface area contributed by atoms with Crippen LogP contribution in [-0.4, -0.2) is 25.5 Å². The average molecular weight is 340 g/mol. The smallest absolute Gasteiger partial charge is 0.304 e. The van der Waals surface area contributed by atoms with Gasteiger partial charge in [-0.05, 0) is 18.1 Å². The molecule has 0 fully saturated rings. The Hall–Kier alpha value is -0.820. The first kappa shape index (κ1) is 17.2. The van der Waals surface area contributed by atoms with Gasteiger partial charge in [-0.3, -0.25) is 4.79 Å². The first-order chi connectivity index (χ1) is 9.15. The van der Waals surface area contributed by atoms with Crippen molar-refractivity contribution in [1.82, 2.24) is 4.72 Å². The van der Waals surface area contributed by atoms with E-state index < -0.39 is 22.0 Å². The maximum Gasteiger partial charge on any atom is 0.304 e. The van der Waals surface area contributed by atoms with E-state index in [0.29, 0.717) is 0 Å². The number of rotatable bonds is 6. The fourth-order valence-corrected chi connectivity index (χ4v) is 3.70. The lowest BCUT2D eigenvalue weighted by molar-refractivity contribution is -0.137. The molecular formula is C12H15Cl2NO4S. The first-order valence-corrected chi connectivity index (χ1v) is 8.07. The maximum absolute atomic E-state index is 12.3. The largest absolute Gasteiger partial charge is 0.481 e. The summed E-state index contributed by atoms with van der Waals surface area (Å²) in [6.07, 6.45) is -0.310. The number of carbonyl (C=O) groups is 1. The molecule has 1 atom stereocenters. The van der Waals surface area contributed by atoms with Gasteiger partial charge in [0.25, 0.3) is 0 Å². The molecule has 0 heterocycles. The number of carboxylic acids is 1. The second-order valence-corrected chi connectivity index (χ2v) is 7.09. The van der Waals surface area contributed by atoms with Gasteiger partial charge in [-0.2, -0.15) is 0 Å². The van der Waals surface area contributed by atoms with Crippen molar-refractivity contribution in [2.45, 2.75) is 31.2 Å². The van der Waals surface area contributed by atoms with Crippen molar-refractivity contribution in [2.75, 3.05) is 0 Å². The van der Waals surface area contributed by atoms with Crippen LogP contribution in [0.5, 0.6) is 0 Å². The van der Waals surface area contributed by atoms with E-state index in [2.05, 4.69) is 4.72 Å². The third-order valence-electron chi connectivity index (χ3n) is 2.71. The minimum absolute atomic E-state index is 0.0838. The van der Waals surface area contributed by atoms with Gasteiger partial charge in [0, 0.05) is 6.04 Å². The van der Waals surface area contributed by atoms with E-state index in [1.54, 1.807) is 13.8 Å². The van der Waals surface area contributed by atoms with Gasteiger partial charge in [0.05, 0.1) is 16.5 Å². The number of hydrogen-bond acceptors (Lipinski definition) is 3. The summed E-state index contributed by atoms with van der Waals surface area (Å²) < 4.78 is 26.9. The van der Waals surface area contributed by atoms with Crippen LogP contribution in [0, 0.1) is 5.92 Å². The Kier molecular flexibility index (Phi) is 5.82. The summed E-state index contributed by atoms with van der Waals surface area (Å²) in [5.74, 6) is -1.26. The summed E-state index contributed by atoms with van der Waals surface area (Å²) >= 11 is 11.7. The van der Waals surface area contributed by atoms with Gasteiger partial charge in [-0.25, -0.2) is 13.1 Å². The SMILES string of the molecule is CC(C)C(CC(=O)O)NS(=O)(=O)c1cccc(Cl)c1Cl. The highest BCUT2D eigenvalue weighted by atomic mass is 35.5.